The van der Waals surface area contributed by atoms with E-state index in [0.29, 0.717) is 12.5 Å². The van der Waals surface area contributed by atoms with Gasteiger partial charge in [-0.1, -0.05) is 18.2 Å². The molecule has 0 aliphatic carbocycles. The largest absolute Gasteiger partial charge is 0.371 e. The Balaban J connectivity index is 1.74. The van der Waals surface area contributed by atoms with Gasteiger partial charge in [-0.05, 0) is 24.5 Å². The molecule has 106 valence electrons. The fourth-order valence-corrected chi connectivity index (χ4v) is 3.98. The standard InChI is InChI=1S/C15H17IN2O2/c16-17-7-5-15(6-8-17)12-3-1-2-4-13(12)18(14(15)19)9-11-10-20-11/h1-4,11H,5-10H2. The van der Waals surface area contributed by atoms with E-state index in [1.807, 2.05) is 11.0 Å². The van der Waals surface area contributed by atoms with Crippen LogP contribution in [0.2, 0.25) is 0 Å². The Labute approximate surface area is 132 Å². The summed E-state index contributed by atoms with van der Waals surface area (Å²) in [5, 5.41) is 0. The number of amides is 1. The Kier molecular flexibility index (Phi) is 3.05. The van der Waals surface area contributed by atoms with Crippen molar-refractivity contribution in [1.82, 2.24) is 3.11 Å². The highest BCUT2D eigenvalue weighted by atomic mass is 127. The van der Waals surface area contributed by atoms with E-state index in [-0.39, 0.29) is 11.5 Å². The summed E-state index contributed by atoms with van der Waals surface area (Å²) in [4.78, 5) is 15.0. The number of carbonyl (C=O) groups is 1. The lowest BCUT2D eigenvalue weighted by Gasteiger charge is -2.35. The highest BCUT2D eigenvalue weighted by Crippen LogP contribution is 2.48. The number of hydrogen-bond donors (Lipinski definition) is 0. The van der Waals surface area contributed by atoms with Crippen molar-refractivity contribution in [2.75, 3.05) is 31.1 Å². The summed E-state index contributed by atoms with van der Waals surface area (Å²) in [6.45, 7) is 3.47. The van der Waals surface area contributed by atoms with Crippen LogP contribution >= 0.6 is 22.9 Å². The number of benzene rings is 1. The third kappa shape index (κ3) is 1.90. The van der Waals surface area contributed by atoms with Gasteiger partial charge in [0.25, 0.3) is 0 Å². The number of carbonyl (C=O) groups excluding carboxylic acids is 1. The summed E-state index contributed by atoms with van der Waals surface area (Å²) in [7, 11) is 0. The van der Waals surface area contributed by atoms with Crippen LogP contribution in [-0.2, 0) is 14.9 Å². The van der Waals surface area contributed by atoms with Crippen molar-refractivity contribution in [3.8, 4) is 0 Å². The quantitative estimate of drug-likeness (QED) is 0.445. The summed E-state index contributed by atoms with van der Waals surface area (Å²) in [5.41, 5.74) is 2.05. The van der Waals surface area contributed by atoms with Crippen LogP contribution < -0.4 is 4.90 Å². The first-order valence-corrected chi connectivity index (χ1v) is 8.11. The van der Waals surface area contributed by atoms with Gasteiger partial charge in [-0.3, -0.25) is 4.79 Å². The Morgan fingerprint density at radius 1 is 1.30 bits per heavy atom. The molecule has 3 aliphatic heterocycles. The molecule has 1 atom stereocenters. The predicted octanol–water partition coefficient (Wildman–Crippen LogP) is 2.12. The minimum atomic E-state index is -0.285. The number of ether oxygens (including phenoxy) is 1. The molecular weight excluding hydrogens is 367 g/mol. The molecule has 5 heteroatoms. The molecule has 0 radical (unpaired) electrons. The molecule has 0 saturated carbocycles. The maximum atomic E-state index is 13.1. The van der Waals surface area contributed by atoms with Crippen LogP contribution in [0.5, 0.6) is 0 Å². The van der Waals surface area contributed by atoms with Crippen LogP contribution in [0.25, 0.3) is 0 Å². The van der Waals surface area contributed by atoms with E-state index < -0.39 is 0 Å². The lowest BCUT2D eigenvalue weighted by Crippen LogP contribution is -2.47. The Bertz CT molecular complexity index is 551. The number of epoxide rings is 1. The molecule has 1 aromatic carbocycles. The van der Waals surface area contributed by atoms with Crippen LogP contribution in [0.15, 0.2) is 24.3 Å². The Morgan fingerprint density at radius 2 is 2.00 bits per heavy atom. The number of halogens is 1. The van der Waals surface area contributed by atoms with Gasteiger partial charge in [0.15, 0.2) is 0 Å². The van der Waals surface area contributed by atoms with Gasteiger partial charge in [-0.2, -0.15) is 0 Å². The molecule has 4 nitrogen and oxygen atoms in total. The average molecular weight is 384 g/mol. The van der Waals surface area contributed by atoms with E-state index in [1.165, 1.54) is 5.56 Å². The molecule has 0 aromatic heterocycles. The van der Waals surface area contributed by atoms with Crippen molar-refractivity contribution in [2.45, 2.75) is 24.4 Å². The molecular formula is C15H17IN2O2. The second-order valence-corrected chi connectivity index (χ2v) is 7.24. The number of hydrogen-bond acceptors (Lipinski definition) is 3. The number of nitrogens with zero attached hydrogens (tertiary/aromatic N) is 2. The normalized spacial score (nSPS) is 27.9. The summed E-state index contributed by atoms with van der Waals surface area (Å²) >= 11 is 2.36. The summed E-state index contributed by atoms with van der Waals surface area (Å²) in [6.07, 6.45) is 2.09. The van der Waals surface area contributed by atoms with Gasteiger partial charge in [0.1, 0.15) is 0 Å². The van der Waals surface area contributed by atoms with E-state index in [4.69, 9.17) is 4.74 Å². The van der Waals surface area contributed by atoms with Crippen LogP contribution in [0.3, 0.4) is 0 Å². The van der Waals surface area contributed by atoms with Crippen molar-refractivity contribution >= 4 is 34.5 Å². The van der Waals surface area contributed by atoms with Gasteiger partial charge in [0, 0.05) is 41.6 Å². The molecule has 2 saturated heterocycles. The SMILES string of the molecule is O=C1N(CC2CO2)c2ccccc2C12CCN(I)CC2. The van der Waals surface area contributed by atoms with E-state index in [0.717, 1.165) is 38.2 Å². The molecule has 0 N–H and O–H groups in total. The molecule has 1 spiro atoms. The highest BCUT2D eigenvalue weighted by Gasteiger charge is 2.52. The third-order valence-electron chi connectivity index (χ3n) is 4.72. The lowest BCUT2D eigenvalue weighted by molar-refractivity contribution is -0.124. The monoisotopic (exact) mass is 384 g/mol. The maximum absolute atomic E-state index is 13.1. The van der Waals surface area contributed by atoms with Gasteiger partial charge >= 0.3 is 0 Å². The van der Waals surface area contributed by atoms with Gasteiger partial charge in [0.2, 0.25) is 5.91 Å². The first-order valence-electron chi connectivity index (χ1n) is 7.14. The minimum Gasteiger partial charge on any atom is -0.371 e. The van der Waals surface area contributed by atoms with Gasteiger partial charge < -0.3 is 9.64 Å². The third-order valence-corrected chi connectivity index (χ3v) is 5.68. The molecule has 1 amide bonds. The molecule has 0 bridgehead atoms. The van der Waals surface area contributed by atoms with E-state index in [9.17, 15) is 4.79 Å². The van der Waals surface area contributed by atoms with E-state index >= 15 is 0 Å². The van der Waals surface area contributed by atoms with Crippen molar-refractivity contribution in [1.29, 1.82) is 0 Å². The number of rotatable bonds is 2. The number of para-hydroxylation sites is 1. The smallest absolute Gasteiger partial charge is 0.237 e. The van der Waals surface area contributed by atoms with Crippen LogP contribution in [-0.4, -0.2) is 41.4 Å². The van der Waals surface area contributed by atoms with Crippen LogP contribution in [0.1, 0.15) is 18.4 Å². The van der Waals surface area contributed by atoms with Crippen LogP contribution in [0, 0.1) is 0 Å². The first kappa shape index (κ1) is 13.0. The Hall–Kier alpha value is -0.660. The van der Waals surface area contributed by atoms with Gasteiger partial charge in [0.05, 0.1) is 24.7 Å². The molecule has 1 aromatic rings. The zero-order valence-corrected chi connectivity index (χ0v) is 13.4. The second kappa shape index (κ2) is 4.68. The molecule has 1 unspecified atom stereocenters. The number of anilines is 1. The van der Waals surface area contributed by atoms with E-state index in [2.05, 4.69) is 44.2 Å². The summed E-state index contributed by atoms with van der Waals surface area (Å²) in [5.74, 6) is 0.290. The zero-order valence-electron chi connectivity index (χ0n) is 11.2. The summed E-state index contributed by atoms with van der Waals surface area (Å²) < 4.78 is 7.61. The highest BCUT2D eigenvalue weighted by molar-refractivity contribution is 14.1. The molecule has 20 heavy (non-hydrogen) atoms. The van der Waals surface area contributed by atoms with Crippen molar-refractivity contribution in [2.24, 2.45) is 0 Å². The zero-order chi connectivity index (χ0) is 13.7. The average Bonchev–Trinajstić information content (AvgIpc) is 3.26. The van der Waals surface area contributed by atoms with Crippen molar-refractivity contribution < 1.29 is 9.53 Å². The lowest BCUT2D eigenvalue weighted by atomic mass is 9.74. The molecule has 2 fully saturated rings. The second-order valence-electron chi connectivity index (χ2n) is 5.88. The molecule has 3 heterocycles. The van der Waals surface area contributed by atoms with Crippen LogP contribution in [0.4, 0.5) is 5.69 Å². The number of fused-ring (bicyclic) bond motifs is 2. The fourth-order valence-electron chi connectivity index (χ4n) is 3.50. The summed E-state index contributed by atoms with van der Waals surface area (Å²) in [6, 6.07) is 8.31. The number of piperidine rings is 1. The molecule has 3 aliphatic rings. The van der Waals surface area contributed by atoms with Crippen molar-refractivity contribution in [3.05, 3.63) is 29.8 Å². The maximum Gasteiger partial charge on any atom is 0.237 e. The predicted molar refractivity (Wildman–Crippen MR) is 85.0 cm³/mol. The Morgan fingerprint density at radius 3 is 2.70 bits per heavy atom. The first-order chi connectivity index (χ1) is 9.71. The van der Waals surface area contributed by atoms with E-state index in [1.54, 1.807) is 0 Å². The van der Waals surface area contributed by atoms with Crippen molar-refractivity contribution in [3.63, 3.8) is 0 Å². The fraction of sp³-hybridized carbons (Fsp3) is 0.533. The topological polar surface area (TPSA) is 36.1 Å². The molecule has 4 rings (SSSR count). The van der Waals surface area contributed by atoms with Gasteiger partial charge in [-0.25, -0.2) is 3.11 Å². The van der Waals surface area contributed by atoms with Gasteiger partial charge in [-0.15, -0.1) is 0 Å². The minimum absolute atomic E-state index is 0.242.